The Hall–Kier alpha value is -1.98. The van der Waals surface area contributed by atoms with Crippen LogP contribution in [0.2, 0.25) is 0 Å². The van der Waals surface area contributed by atoms with Crippen LogP contribution in [-0.2, 0) is 0 Å². The summed E-state index contributed by atoms with van der Waals surface area (Å²) in [4.78, 5) is 0. The fourth-order valence-electron chi connectivity index (χ4n) is 3.15. The average Bonchev–Trinajstić information content (AvgIpc) is 2.96. The number of halogens is 1. The number of aromatic nitrogens is 4. The summed E-state index contributed by atoms with van der Waals surface area (Å²) < 4.78 is 15.0. The molecule has 1 aliphatic carbocycles. The van der Waals surface area contributed by atoms with E-state index in [2.05, 4.69) is 22.4 Å². The molecule has 1 saturated carbocycles. The van der Waals surface area contributed by atoms with E-state index in [1.165, 1.54) is 31.4 Å². The van der Waals surface area contributed by atoms with Crippen molar-refractivity contribution in [2.45, 2.75) is 45.1 Å². The van der Waals surface area contributed by atoms with E-state index in [0.29, 0.717) is 23.1 Å². The van der Waals surface area contributed by atoms with Crippen LogP contribution in [0.5, 0.6) is 0 Å². The molecule has 1 aromatic heterocycles. The predicted octanol–water partition coefficient (Wildman–Crippen LogP) is 3.20. The molecule has 6 heteroatoms. The fraction of sp³-hybridized carbons (Fsp3) is 0.533. The minimum atomic E-state index is -0.348. The molecule has 1 fully saturated rings. The van der Waals surface area contributed by atoms with Crippen LogP contribution in [0.15, 0.2) is 18.2 Å². The number of benzene rings is 1. The SMILES string of the molecule is CCC1CCC(n2nnnc2-c2ccc(F)cc2N)CC1. The van der Waals surface area contributed by atoms with Crippen molar-refractivity contribution in [2.24, 2.45) is 5.92 Å². The number of hydrogen-bond donors (Lipinski definition) is 1. The molecule has 0 atom stereocenters. The highest BCUT2D eigenvalue weighted by Crippen LogP contribution is 2.35. The van der Waals surface area contributed by atoms with Crippen molar-refractivity contribution in [1.29, 1.82) is 0 Å². The van der Waals surface area contributed by atoms with Gasteiger partial charge in [0.15, 0.2) is 5.82 Å². The first-order valence-corrected chi connectivity index (χ1v) is 7.52. The first kappa shape index (κ1) is 14.0. The maximum atomic E-state index is 13.2. The van der Waals surface area contributed by atoms with Crippen molar-refractivity contribution >= 4 is 5.69 Å². The van der Waals surface area contributed by atoms with Gasteiger partial charge >= 0.3 is 0 Å². The molecule has 1 aromatic carbocycles. The van der Waals surface area contributed by atoms with Gasteiger partial charge in [-0.05, 0) is 60.2 Å². The highest BCUT2D eigenvalue weighted by molar-refractivity contribution is 5.71. The third-order valence-electron chi connectivity index (χ3n) is 4.49. The second-order valence-electron chi connectivity index (χ2n) is 5.76. The highest BCUT2D eigenvalue weighted by Gasteiger charge is 2.25. The van der Waals surface area contributed by atoms with Gasteiger partial charge in [-0.3, -0.25) is 0 Å². The summed E-state index contributed by atoms with van der Waals surface area (Å²) in [7, 11) is 0. The van der Waals surface area contributed by atoms with Crippen LogP contribution in [0.3, 0.4) is 0 Å². The molecular formula is C15H20FN5. The minimum absolute atomic E-state index is 0.308. The second kappa shape index (κ2) is 5.79. The van der Waals surface area contributed by atoms with Crippen molar-refractivity contribution < 1.29 is 4.39 Å². The van der Waals surface area contributed by atoms with E-state index in [4.69, 9.17) is 5.73 Å². The normalized spacial score (nSPS) is 22.4. The molecule has 0 aliphatic heterocycles. The Morgan fingerprint density at radius 2 is 2.05 bits per heavy atom. The summed E-state index contributed by atoms with van der Waals surface area (Å²) >= 11 is 0. The van der Waals surface area contributed by atoms with Gasteiger partial charge in [0.1, 0.15) is 5.82 Å². The number of hydrogen-bond acceptors (Lipinski definition) is 4. The number of nitrogens with zero attached hydrogens (tertiary/aromatic N) is 4. The molecule has 5 nitrogen and oxygen atoms in total. The smallest absolute Gasteiger partial charge is 0.184 e. The molecule has 2 aromatic rings. The van der Waals surface area contributed by atoms with Gasteiger partial charge in [0.05, 0.1) is 6.04 Å². The summed E-state index contributed by atoms with van der Waals surface area (Å²) in [5.74, 6) is 1.10. The Balaban J connectivity index is 1.87. The maximum absolute atomic E-state index is 13.2. The number of nitrogens with two attached hydrogens (primary N) is 1. The van der Waals surface area contributed by atoms with Gasteiger partial charge in [0.2, 0.25) is 0 Å². The topological polar surface area (TPSA) is 69.6 Å². The van der Waals surface area contributed by atoms with Crippen molar-refractivity contribution in [3.05, 3.63) is 24.0 Å². The van der Waals surface area contributed by atoms with Gasteiger partial charge in [-0.25, -0.2) is 9.07 Å². The zero-order chi connectivity index (χ0) is 14.8. The van der Waals surface area contributed by atoms with Crippen LogP contribution in [0.25, 0.3) is 11.4 Å². The van der Waals surface area contributed by atoms with Crippen molar-refractivity contribution in [3.8, 4) is 11.4 Å². The van der Waals surface area contributed by atoms with E-state index in [9.17, 15) is 4.39 Å². The minimum Gasteiger partial charge on any atom is -0.398 e. The quantitative estimate of drug-likeness (QED) is 0.881. The Morgan fingerprint density at radius 1 is 1.29 bits per heavy atom. The van der Waals surface area contributed by atoms with Crippen LogP contribution in [0, 0.1) is 11.7 Å². The maximum Gasteiger partial charge on any atom is 0.184 e. The van der Waals surface area contributed by atoms with E-state index in [-0.39, 0.29) is 5.82 Å². The lowest BCUT2D eigenvalue weighted by molar-refractivity contribution is 0.255. The molecule has 0 amide bonds. The van der Waals surface area contributed by atoms with Gasteiger partial charge in [-0.1, -0.05) is 13.3 Å². The highest BCUT2D eigenvalue weighted by atomic mass is 19.1. The first-order chi connectivity index (χ1) is 10.2. The Bertz CT molecular complexity index is 616. The molecule has 0 unspecified atom stereocenters. The summed E-state index contributed by atoms with van der Waals surface area (Å²) in [5.41, 5.74) is 6.97. The summed E-state index contributed by atoms with van der Waals surface area (Å²) in [6, 6.07) is 4.65. The lowest BCUT2D eigenvalue weighted by Crippen LogP contribution is -2.20. The molecule has 0 bridgehead atoms. The lowest BCUT2D eigenvalue weighted by Gasteiger charge is -2.28. The van der Waals surface area contributed by atoms with Gasteiger partial charge < -0.3 is 5.73 Å². The zero-order valence-corrected chi connectivity index (χ0v) is 12.2. The standard InChI is InChI=1S/C15H20FN5/c1-2-10-3-6-12(7-4-10)21-15(18-19-20-21)13-8-5-11(16)9-14(13)17/h5,8-10,12H,2-4,6-7,17H2,1H3. The van der Waals surface area contributed by atoms with Gasteiger partial charge in [0, 0.05) is 11.3 Å². The van der Waals surface area contributed by atoms with Crippen molar-refractivity contribution in [2.75, 3.05) is 5.73 Å². The average molecular weight is 289 g/mol. The summed E-state index contributed by atoms with van der Waals surface area (Å²) in [6.07, 6.45) is 5.81. The molecule has 0 radical (unpaired) electrons. The fourth-order valence-corrected chi connectivity index (χ4v) is 3.15. The molecule has 3 rings (SSSR count). The third kappa shape index (κ3) is 2.75. The van der Waals surface area contributed by atoms with E-state index >= 15 is 0 Å². The summed E-state index contributed by atoms with van der Waals surface area (Å²) in [6.45, 7) is 2.24. The van der Waals surface area contributed by atoms with Crippen LogP contribution in [0.1, 0.15) is 45.1 Å². The number of tetrazole rings is 1. The number of anilines is 1. The van der Waals surface area contributed by atoms with E-state index in [0.717, 1.165) is 18.8 Å². The molecule has 2 N–H and O–H groups in total. The number of rotatable bonds is 3. The van der Waals surface area contributed by atoms with Crippen molar-refractivity contribution in [3.63, 3.8) is 0 Å². The van der Waals surface area contributed by atoms with E-state index in [1.807, 2.05) is 4.68 Å². The zero-order valence-electron chi connectivity index (χ0n) is 12.2. The predicted molar refractivity (Wildman–Crippen MR) is 78.9 cm³/mol. The van der Waals surface area contributed by atoms with Crippen LogP contribution in [0.4, 0.5) is 10.1 Å². The molecule has 1 aliphatic rings. The Labute approximate surface area is 123 Å². The molecule has 1 heterocycles. The van der Waals surface area contributed by atoms with Crippen LogP contribution in [-0.4, -0.2) is 20.2 Å². The van der Waals surface area contributed by atoms with Gasteiger partial charge in [0.25, 0.3) is 0 Å². The number of nitrogen functional groups attached to an aromatic ring is 1. The summed E-state index contributed by atoms with van der Waals surface area (Å²) in [5, 5.41) is 12.0. The van der Waals surface area contributed by atoms with Crippen LogP contribution < -0.4 is 5.73 Å². The first-order valence-electron chi connectivity index (χ1n) is 7.52. The molecule has 0 saturated heterocycles. The molecule has 112 valence electrons. The molecule has 0 spiro atoms. The molecular weight excluding hydrogens is 269 g/mol. The van der Waals surface area contributed by atoms with E-state index < -0.39 is 0 Å². The lowest BCUT2D eigenvalue weighted by atomic mass is 9.84. The third-order valence-corrected chi connectivity index (χ3v) is 4.49. The van der Waals surface area contributed by atoms with Crippen LogP contribution >= 0.6 is 0 Å². The largest absolute Gasteiger partial charge is 0.398 e. The molecule has 21 heavy (non-hydrogen) atoms. The van der Waals surface area contributed by atoms with Gasteiger partial charge in [-0.2, -0.15) is 0 Å². The second-order valence-corrected chi connectivity index (χ2v) is 5.76. The van der Waals surface area contributed by atoms with Crippen molar-refractivity contribution in [1.82, 2.24) is 20.2 Å². The Kier molecular flexibility index (Phi) is 3.86. The van der Waals surface area contributed by atoms with E-state index in [1.54, 1.807) is 6.07 Å². The monoisotopic (exact) mass is 289 g/mol. The van der Waals surface area contributed by atoms with Gasteiger partial charge in [-0.15, -0.1) is 5.10 Å². The Morgan fingerprint density at radius 3 is 2.71 bits per heavy atom.